The first kappa shape index (κ1) is 11.8. The van der Waals surface area contributed by atoms with Gasteiger partial charge < -0.3 is 5.11 Å². The summed E-state index contributed by atoms with van der Waals surface area (Å²) in [7, 11) is 0. The molecule has 0 unspecified atom stereocenters. The van der Waals surface area contributed by atoms with E-state index in [0.717, 1.165) is 43.2 Å². The van der Waals surface area contributed by atoms with Gasteiger partial charge in [-0.3, -0.25) is 9.88 Å². The third-order valence-electron chi connectivity index (χ3n) is 2.86. The Morgan fingerprint density at radius 2 is 2.06 bits per heavy atom. The van der Waals surface area contributed by atoms with Crippen molar-refractivity contribution in [1.82, 2.24) is 14.9 Å². The standard InChI is InChI=1S/C11H17N3OS/c1-16-11-10(12-4-5-13-11)8-14-6-2-9(15)3-7-14/h4-5,9,15H,2-3,6-8H2,1H3. The molecule has 2 heterocycles. The highest BCUT2D eigenvalue weighted by molar-refractivity contribution is 7.98. The second-order valence-electron chi connectivity index (χ2n) is 4.02. The van der Waals surface area contributed by atoms with E-state index >= 15 is 0 Å². The van der Waals surface area contributed by atoms with Gasteiger partial charge in [-0.25, -0.2) is 4.98 Å². The Morgan fingerprint density at radius 3 is 2.75 bits per heavy atom. The number of aliphatic hydroxyl groups excluding tert-OH is 1. The van der Waals surface area contributed by atoms with Crippen LogP contribution >= 0.6 is 11.8 Å². The van der Waals surface area contributed by atoms with Gasteiger partial charge >= 0.3 is 0 Å². The van der Waals surface area contributed by atoms with Crippen molar-refractivity contribution in [3.05, 3.63) is 18.1 Å². The monoisotopic (exact) mass is 239 g/mol. The van der Waals surface area contributed by atoms with Crippen LogP contribution in [0, 0.1) is 0 Å². The van der Waals surface area contributed by atoms with Gasteiger partial charge in [0.1, 0.15) is 5.03 Å². The molecule has 0 amide bonds. The Labute approximate surface area is 100 Å². The predicted octanol–water partition coefficient (Wildman–Crippen LogP) is 1.16. The van der Waals surface area contributed by atoms with Crippen LogP contribution in [0.25, 0.3) is 0 Å². The van der Waals surface area contributed by atoms with Crippen LogP contribution in [0.4, 0.5) is 0 Å². The van der Waals surface area contributed by atoms with Crippen molar-refractivity contribution in [1.29, 1.82) is 0 Å². The summed E-state index contributed by atoms with van der Waals surface area (Å²) in [5, 5.41) is 10.4. The average molecular weight is 239 g/mol. The highest BCUT2D eigenvalue weighted by Crippen LogP contribution is 2.18. The van der Waals surface area contributed by atoms with Crippen molar-refractivity contribution in [3.63, 3.8) is 0 Å². The molecule has 0 radical (unpaired) electrons. The van der Waals surface area contributed by atoms with E-state index in [1.165, 1.54) is 0 Å². The van der Waals surface area contributed by atoms with Crippen molar-refractivity contribution in [3.8, 4) is 0 Å². The molecule has 0 bridgehead atoms. The average Bonchev–Trinajstić information content (AvgIpc) is 2.33. The molecule has 1 aliphatic rings. The van der Waals surface area contributed by atoms with E-state index in [4.69, 9.17) is 0 Å². The van der Waals surface area contributed by atoms with Gasteiger partial charge in [-0.1, -0.05) is 0 Å². The molecule has 1 fully saturated rings. The lowest BCUT2D eigenvalue weighted by molar-refractivity contribution is 0.0782. The molecule has 5 heteroatoms. The van der Waals surface area contributed by atoms with Crippen LogP contribution in [0.1, 0.15) is 18.5 Å². The van der Waals surface area contributed by atoms with Gasteiger partial charge in [0, 0.05) is 32.0 Å². The zero-order valence-electron chi connectivity index (χ0n) is 9.46. The van der Waals surface area contributed by atoms with Crippen LogP contribution in [-0.2, 0) is 6.54 Å². The Kier molecular flexibility index (Phi) is 4.15. The lowest BCUT2D eigenvalue weighted by Crippen LogP contribution is -2.35. The van der Waals surface area contributed by atoms with Crippen LogP contribution in [0.15, 0.2) is 17.4 Å². The molecular weight excluding hydrogens is 222 g/mol. The Balaban J connectivity index is 1.98. The van der Waals surface area contributed by atoms with E-state index in [9.17, 15) is 5.11 Å². The second kappa shape index (κ2) is 5.61. The normalized spacial score (nSPS) is 18.9. The number of aliphatic hydroxyl groups is 1. The number of rotatable bonds is 3. The number of thioether (sulfide) groups is 1. The molecule has 4 nitrogen and oxygen atoms in total. The zero-order chi connectivity index (χ0) is 11.4. The molecule has 1 N–H and O–H groups in total. The Bertz CT molecular complexity index is 340. The minimum Gasteiger partial charge on any atom is -0.393 e. The van der Waals surface area contributed by atoms with E-state index in [0.29, 0.717) is 0 Å². The Hall–Kier alpha value is -0.650. The van der Waals surface area contributed by atoms with Gasteiger partial charge in [-0.2, -0.15) is 0 Å². The van der Waals surface area contributed by atoms with Crippen LogP contribution in [0.3, 0.4) is 0 Å². The first-order valence-electron chi connectivity index (χ1n) is 5.54. The van der Waals surface area contributed by atoms with Gasteiger partial charge in [0.05, 0.1) is 11.8 Å². The number of nitrogens with zero attached hydrogens (tertiary/aromatic N) is 3. The number of likely N-dealkylation sites (tertiary alicyclic amines) is 1. The van der Waals surface area contributed by atoms with Crippen LogP contribution in [0.5, 0.6) is 0 Å². The molecule has 1 aromatic rings. The van der Waals surface area contributed by atoms with Crippen molar-refractivity contribution >= 4 is 11.8 Å². The summed E-state index contributed by atoms with van der Waals surface area (Å²) >= 11 is 1.63. The zero-order valence-corrected chi connectivity index (χ0v) is 10.3. The number of hydrogen-bond acceptors (Lipinski definition) is 5. The van der Waals surface area contributed by atoms with E-state index in [1.54, 1.807) is 24.2 Å². The summed E-state index contributed by atoms with van der Waals surface area (Å²) < 4.78 is 0. The van der Waals surface area contributed by atoms with Crippen molar-refractivity contribution < 1.29 is 5.11 Å². The topological polar surface area (TPSA) is 49.2 Å². The molecule has 1 aliphatic heterocycles. The van der Waals surface area contributed by atoms with Crippen molar-refractivity contribution in [2.45, 2.75) is 30.5 Å². The van der Waals surface area contributed by atoms with E-state index in [-0.39, 0.29) is 6.10 Å². The molecule has 16 heavy (non-hydrogen) atoms. The summed E-state index contributed by atoms with van der Waals surface area (Å²) in [4.78, 5) is 11.0. The largest absolute Gasteiger partial charge is 0.393 e. The van der Waals surface area contributed by atoms with Crippen LogP contribution in [0.2, 0.25) is 0 Å². The highest BCUT2D eigenvalue weighted by Gasteiger charge is 2.18. The molecule has 1 saturated heterocycles. The third-order valence-corrected chi connectivity index (χ3v) is 3.59. The minimum absolute atomic E-state index is 0.113. The van der Waals surface area contributed by atoms with Gasteiger partial charge in [0.25, 0.3) is 0 Å². The molecule has 0 aromatic carbocycles. The lowest BCUT2D eigenvalue weighted by Gasteiger charge is -2.29. The van der Waals surface area contributed by atoms with Crippen LogP contribution < -0.4 is 0 Å². The van der Waals surface area contributed by atoms with Crippen LogP contribution in [-0.4, -0.2) is 45.4 Å². The number of hydrogen-bond donors (Lipinski definition) is 1. The SMILES string of the molecule is CSc1nccnc1CN1CCC(O)CC1. The fourth-order valence-electron chi connectivity index (χ4n) is 1.92. The molecule has 0 spiro atoms. The van der Waals surface area contributed by atoms with Gasteiger partial charge in [-0.15, -0.1) is 11.8 Å². The van der Waals surface area contributed by atoms with E-state index < -0.39 is 0 Å². The first-order chi connectivity index (χ1) is 7.79. The molecule has 88 valence electrons. The predicted molar refractivity (Wildman–Crippen MR) is 64.3 cm³/mol. The summed E-state index contributed by atoms with van der Waals surface area (Å²) in [5.74, 6) is 0. The van der Waals surface area contributed by atoms with Gasteiger partial charge in [0.15, 0.2) is 0 Å². The van der Waals surface area contributed by atoms with Gasteiger partial charge in [0.2, 0.25) is 0 Å². The van der Waals surface area contributed by atoms with Crippen molar-refractivity contribution in [2.24, 2.45) is 0 Å². The summed E-state index contributed by atoms with van der Waals surface area (Å²) in [6.07, 6.45) is 7.12. The quantitative estimate of drug-likeness (QED) is 0.802. The highest BCUT2D eigenvalue weighted by atomic mass is 32.2. The summed E-state index contributed by atoms with van der Waals surface area (Å²) in [6, 6.07) is 0. The Morgan fingerprint density at radius 1 is 1.38 bits per heavy atom. The fraction of sp³-hybridized carbons (Fsp3) is 0.636. The lowest BCUT2D eigenvalue weighted by atomic mass is 10.1. The molecule has 1 aromatic heterocycles. The maximum Gasteiger partial charge on any atom is 0.119 e. The summed E-state index contributed by atoms with van der Waals surface area (Å²) in [5.41, 5.74) is 1.05. The van der Waals surface area contributed by atoms with Crippen molar-refractivity contribution in [2.75, 3.05) is 19.3 Å². The fourth-order valence-corrected chi connectivity index (χ4v) is 2.44. The molecule has 0 atom stereocenters. The first-order valence-corrected chi connectivity index (χ1v) is 6.76. The number of piperidine rings is 1. The minimum atomic E-state index is -0.113. The smallest absolute Gasteiger partial charge is 0.119 e. The van der Waals surface area contributed by atoms with E-state index in [2.05, 4.69) is 14.9 Å². The third kappa shape index (κ3) is 2.93. The molecular formula is C11H17N3OS. The van der Waals surface area contributed by atoms with E-state index in [1.807, 2.05) is 6.26 Å². The maximum absolute atomic E-state index is 9.44. The van der Waals surface area contributed by atoms with Gasteiger partial charge in [-0.05, 0) is 19.1 Å². The summed E-state index contributed by atoms with van der Waals surface area (Å²) in [6.45, 7) is 2.74. The molecule has 0 aliphatic carbocycles. The maximum atomic E-state index is 9.44. The number of aromatic nitrogens is 2. The second-order valence-corrected chi connectivity index (χ2v) is 4.81. The molecule has 2 rings (SSSR count). The molecule has 0 saturated carbocycles.